The van der Waals surface area contributed by atoms with Gasteiger partial charge in [0.2, 0.25) is 0 Å². The second kappa shape index (κ2) is 5.96. The molecule has 1 aromatic heterocycles. The number of fused-ring (bicyclic) bond motifs is 1. The highest BCUT2D eigenvalue weighted by Crippen LogP contribution is 2.24. The van der Waals surface area contributed by atoms with E-state index in [4.69, 9.17) is 14.3 Å². The number of ether oxygens (including phenoxy) is 1. The average Bonchev–Trinajstić information content (AvgIpc) is 2.54. The van der Waals surface area contributed by atoms with Gasteiger partial charge in [-0.15, -0.1) is 0 Å². The van der Waals surface area contributed by atoms with Crippen molar-refractivity contribution >= 4 is 16.9 Å². The molecule has 0 atom stereocenters. The van der Waals surface area contributed by atoms with Crippen molar-refractivity contribution in [1.29, 1.82) is 0 Å². The molecule has 0 aliphatic rings. The van der Waals surface area contributed by atoms with Crippen LogP contribution in [0.1, 0.15) is 5.56 Å². The molecule has 0 aliphatic heterocycles. The van der Waals surface area contributed by atoms with Crippen LogP contribution in [0.4, 0.5) is 0 Å². The lowest BCUT2D eigenvalue weighted by Gasteiger charge is -2.05. The van der Waals surface area contributed by atoms with Gasteiger partial charge in [0.05, 0.1) is 19.1 Å². The summed E-state index contributed by atoms with van der Waals surface area (Å²) in [4.78, 5) is 22.9. The van der Waals surface area contributed by atoms with Crippen LogP contribution in [0.5, 0.6) is 5.75 Å². The highest BCUT2D eigenvalue weighted by atomic mass is 16.5. The lowest BCUT2D eigenvalue weighted by molar-refractivity contribution is -0.136. The first kappa shape index (κ1) is 14.8. The molecule has 0 spiro atoms. The smallest absolute Gasteiger partial charge is 0.344 e. The number of rotatable bonds is 4. The minimum absolute atomic E-state index is 0.0492. The van der Waals surface area contributed by atoms with Crippen LogP contribution >= 0.6 is 0 Å². The number of hydrogen-bond acceptors (Lipinski definition) is 4. The van der Waals surface area contributed by atoms with Crippen LogP contribution in [0.2, 0.25) is 0 Å². The number of carboxylic acids is 1. The van der Waals surface area contributed by atoms with Crippen molar-refractivity contribution in [2.45, 2.75) is 6.42 Å². The molecule has 1 heterocycles. The summed E-state index contributed by atoms with van der Waals surface area (Å²) in [5.41, 5.74) is 1.81. The van der Waals surface area contributed by atoms with Crippen molar-refractivity contribution in [1.82, 2.24) is 0 Å². The normalized spacial score (nSPS) is 10.7. The molecule has 3 aromatic rings. The van der Waals surface area contributed by atoms with E-state index in [-0.39, 0.29) is 6.42 Å². The monoisotopic (exact) mass is 310 g/mol. The molecule has 2 aromatic carbocycles. The van der Waals surface area contributed by atoms with Crippen LogP contribution < -0.4 is 10.4 Å². The third kappa shape index (κ3) is 3.08. The van der Waals surface area contributed by atoms with E-state index >= 15 is 0 Å². The van der Waals surface area contributed by atoms with E-state index in [0.29, 0.717) is 28.0 Å². The van der Waals surface area contributed by atoms with Gasteiger partial charge in [-0.25, -0.2) is 4.79 Å². The lowest BCUT2D eigenvalue weighted by atomic mass is 10.0. The van der Waals surface area contributed by atoms with Gasteiger partial charge >= 0.3 is 11.6 Å². The lowest BCUT2D eigenvalue weighted by Crippen LogP contribution is -2.03. The third-order valence-electron chi connectivity index (χ3n) is 3.56. The van der Waals surface area contributed by atoms with Crippen molar-refractivity contribution < 1.29 is 19.1 Å². The number of carboxylic acid groups (broad SMARTS) is 1. The molecule has 0 saturated carbocycles. The molecule has 0 radical (unpaired) electrons. The van der Waals surface area contributed by atoms with Gasteiger partial charge in [0, 0.05) is 11.5 Å². The summed E-state index contributed by atoms with van der Waals surface area (Å²) in [5.74, 6) is -0.275. The second-order valence-electron chi connectivity index (χ2n) is 5.12. The molecular weight excluding hydrogens is 296 g/mol. The highest BCUT2D eigenvalue weighted by Gasteiger charge is 2.09. The van der Waals surface area contributed by atoms with Crippen molar-refractivity contribution in [2.75, 3.05) is 7.11 Å². The van der Waals surface area contributed by atoms with Crippen LogP contribution in [0.25, 0.3) is 22.1 Å². The zero-order chi connectivity index (χ0) is 16.4. The molecule has 3 rings (SSSR count). The van der Waals surface area contributed by atoms with Crippen molar-refractivity contribution in [3.05, 3.63) is 64.5 Å². The van der Waals surface area contributed by atoms with Gasteiger partial charge in [-0.05, 0) is 29.3 Å². The average molecular weight is 310 g/mol. The Morgan fingerprint density at radius 2 is 1.87 bits per heavy atom. The van der Waals surface area contributed by atoms with Gasteiger partial charge in [-0.3, -0.25) is 4.79 Å². The van der Waals surface area contributed by atoms with Gasteiger partial charge in [0.1, 0.15) is 11.3 Å². The molecule has 0 saturated heterocycles. The summed E-state index contributed by atoms with van der Waals surface area (Å²) in [6.45, 7) is 0. The molecule has 0 fully saturated rings. The molecule has 23 heavy (non-hydrogen) atoms. The molecule has 5 nitrogen and oxygen atoms in total. The third-order valence-corrected chi connectivity index (χ3v) is 3.56. The van der Waals surface area contributed by atoms with E-state index < -0.39 is 11.6 Å². The van der Waals surface area contributed by atoms with Crippen LogP contribution in [-0.2, 0) is 11.2 Å². The maximum atomic E-state index is 12.2. The summed E-state index contributed by atoms with van der Waals surface area (Å²) < 4.78 is 10.5. The first-order chi connectivity index (χ1) is 11.1. The minimum Gasteiger partial charge on any atom is -0.497 e. The highest BCUT2D eigenvalue weighted by molar-refractivity contribution is 5.82. The summed E-state index contributed by atoms with van der Waals surface area (Å²) >= 11 is 0. The van der Waals surface area contributed by atoms with E-state index in [0.717, 1.165) is 5.39 Å². The Kier molecular flexibility index (Phi) is 3.85. The number of methoxy groups -OCH3 is 1. The molecule has 116 valence electrons. The standard InChI is InChI=1S/C18H14O5/c1-22-14-7-6-13-9-15(18(21)23-16(13)10-14)12-4-2-11(3-5-12)8-17(19)20/h2-7,9-10H,8H2,1H3,(H,19,20). The zero-order valence-corrected chi connectivity index (χ0v) is 12.4. The Morgan fingerprint density at radius 1 is 1.13 bits per heavy atom. The molecule has 5 heteroatoms. The van der Waals surface area contributed by atoms with E-state index in [1.165, 1.54) is 0 Å². The Bertz CT molecular complexity index is 922. The SMILES string of the molecule is COc1ccc2cc(-c3ccc(CC(=O)O)cc3)c(=O)oc2c1. The maximum absolute atomic E-state index is 12.2. The first-order valence-electron chi connectivity index (χ1n) is 7.00. The topological polar surface area (TPSA) is 76.7 Å². The van der Waals surface area contributed by atoms with E-state index in [2.05, 4.69) is 0 Å². The van der Waals surface area contributed by atoms with Crippen molar-refractivity contribution in [3.8, 4) is 16.9 Å². The van der Waals surface area contributed by atoms with E-state index in [1.807, 2.05) is 6.07 Å². The predicted octanol–water partition coefficient (Wildman–Crippen LogP) is 3.10. The Morgan fingerprint density at radius 3 is 2.52 bits per heavy atom. The number of aliphatic carboxylic acids is 1. The number of hydrogen-bond donors (Lipinski definition) is 1. The fourth-order valence-corrected chi connectivity index (χ4v) is 2.40. The fourth-order valence-electron chi connectivity index (χ4n) is 2.40. The minimum atomic E-state index is -0.892. The van der Waals surface area contributed by atoms with Gasteiger partial charge in [-0.2, -0.15) is 0 Å². The van der Waals surface area contributed by atoms with Gasteiger partial charge in [-0.1, -0.05) is 24.3 Å². The maximum Gasteiger partial charge on any atom is 0.344 e. The molecule has 1 N–H and O–H groups in total. The number of carbonyl (C=O) groups is 1. The molecule has 0 aliphatic carbocycles. The molecule has 0 amide bonds. The summed E-state index contributed by atoms with van der Waals surface area (Å²) in [6.07, 6.45) is -0.0492. The zero-order valence-electron chi connectivity index (χ0n) is 12.4. The Labute approximate surface area is 131 Å². The van der Waals surface area contributed by atoms with Crippen molar-refractivity contribution in [2.24, 2.45) is 0 Å². The van der Waals surface area contributed by atoms with E-state index in [9.17, 15) is 9.59 Å². The summed E-state index contributed by atoms with van der Waals surface area (Å²) in [7, 11) is 1.55. The van der Waals surface area contributed by atoms with Gasteiger partial charge in [0.25, 0.3) is 0 Å². The number of benzene rings is 2. The van der Waals surface area contributed by atoms with Gasteiger partial charge in [0.15, 0.2) is 0 Å². The van der Waals surface area contributed by atoms with Crippen LogP contribution in [0.3, 0.4) is 0 Å². The molecule has 0 unspecified atom stereocenters. The first-order valence-corrected chi connectivity index (χ1v) is 7.00. The Balaban J connectivity index is 2.04. The Hall–Kier alpha value is -3.08. The summed E-state index contributed by atoms with van der Waals surface area (Å²) in [5, 5.41) is 9.57. The van der Waals surface area contributed by atoms with Crippen LogP contribution in [0.15, 0.2) is 57.7 Å². The van der Waals surface area contributed by atoms with E-state index in [1.54, 1.807) is 49.6 Å². The van der Waals surface area contributed by atoms with Crippen molar-refractivity contribution in [3.63, 3.8) is 0 Å². The fraction of sp³-hybridized carbons (Fsp3) is 0.111. The second-order valence-corrected chi connectivity index (χ2v) is 5.12. The molecular formula is C18H14O5. The van der Waals surface area contributed by atoms with Crippen LogP contribution in [0, 0.1) is 0 Å². The van der Waals surface area contributed by atoms with Crippen LogP contribution in [-0.4, -0.2) is 18.2 Å². The summed E-state index contributed by atoms with van der Waals surface area (Å²) in [6, 6.07) is 13.9. The quantitative estimate of drug-likeness (QED) is 0.749. The molecule has 0 bridgehead atoms. The van der Waals surface area contributed by atoms with Gasteiger partial charge < -0.3 is 14.3 Å². The predicted molar refractivity (Wildman–Crippen MR) is 85.8 cm³/mol. The largest absolute Gasteiger partial charge is 0.497 e.